The molecule has 0 fully saturated rings. The van der Waals surface area contributed by atoms with E-state index in [9.17, 15) is 4.79 Å². The van der Waals surface area contributed by atoms with Gasteiger partial charge in [-0.25, -0.2) is 4.79 Å². The molecule has 0 radical (unpaired) electrons. The van der Waals surface area contributed by atoms with Crippen LogP contribution in [0.15, 0.2) is 36.5 Å². The van der Waals surface area contributed by atoms with E-state index in [-0.39, 0.29) is 12.1 Å². The fraction of sp³-hybridized carbons (Fsp3) is 0.462. The van der Waals surface area contributed by atoms with E-state index >= 15 is 0 Å². The van der Waals surface area contributed by atoms with Crippen molar-refractivity contribution in [3.63, 3.8) is 0 Å². The van der Waals surface area contributed by atoms with Gasteiger partial charge < -0.3 is 4.74 Å². The number of esters is 1. The fourth-order valence-corrected chi connectivity index (χ4v) is 0.987. The Balaban J connectivity index is 4.15. The minimum absolute atomic E-state index is 0.0383. The zero-order valence-corrected chi connectivity index (χ0v) is 9.82. The first-order chi connectivity index (χ1) is 7.15. The van der Waals surface area contributed by atoms with Crippen molar-refractivity contribution in [2.75, 3.05) is 0 Å². The predicted octanol–water partition coefficient (Wildman–Crippen LogP) is 3.41. The van der Waals surface area contributed by atoms with Crippen LogP contribution in [0.1, 0.15) is 33.6 Å². The monoisotopic (exact) mass is 208 g/mol. The zero-order valence-electron chi connectivity index (χ0n) is 9.82. The van der Waals surface area contributed by atoms with Gasteiger partial charge in [0.25, 0.3) is 0 Å². The first kappa shape index (κ1) is 13.7. The molecule has 0 saturated carbocycles. The molecule has 0 aromatic heterocycles. The molecule has 2 nitrogen and oxygen atoms in total. The molecule has 0 bridgehead atoms. The van der Waals surface area contributed by atoms with Crippen LogP contribution in [0.4, 0.5) is 0 Å². The molecule has 0 N–H and O–H groups in total. The topological polar surface area (TPSA) is 26.3 Å². The van der Waals surface area contributed by atoms with Crippen LogP contribution in [0.5, 0.6) is 0 Å². The maximum atomic E-state index is 11.4. The van der Waals surface area contributed by atoms with Gasteiger partial charge in [0.05, 0.1) is 0 Å². The Morgan fingerprint density at radius 2 is 2.20 bits per heavy atom. The Morgan fingerprint density at radius 1 is 1.53 bits per heavy atom. The number of ether oxygens (including phenoxy) is 1. The van der Waals surface area contributed by atoms with Gasteiger partial charge >= 0.3 is 5.97 Å². The molecule has 0 saturated heterocycles. The number of allylic oxidation sites excluding steroid dienone is 3. The molecule has 0 aliphatic rings. The second-order valence-electron chi connectivity index (χ2n) is 3.31. The predicted molar refractivity (Wildman–Crippen MR) is 63.6 cm³/mol. The van der Waals surface area contributed by atoms with Crippen molar-refractivity contribution < 1.29 is 9.53 Å². The Bertz CT molecular complexity index is 262. The smallest absolute Gasteiger partial charge is 0.333 e. The van der Waals surface area contributed by atoms with Crippen LogP contribution in [0.3, 0.4) is 0 Å². The molecule has 0 aromatic carbocycles. The van der Waals surface area contributed by atoms with Crippen LogP contribution in [-0.2, 0) is 9.53 Å². The third-order valence-corrected chi connectivity index (χ3v) is 2.16. The maximum Gasteiger partial charge on any atom is 0.333 e. The van der Waals surface area contributed by atoms with E-state index in [4.69, 9.17) is 4.74 Å². The lowest BCUT2D eigenvalue weighted by Gasteiger charge is -2.14. The second-order valence-corrected chi connectivity index (χ2v) is 3.31. The Hall–Kier alpha value is -1.31. The van der Waals surface area contributed by atoms with Crippen molar-refractivity contribution in [1.29, 1.82) is 0 Å². The molecule has 84 valence electrons. The molecule has 2 heteroatoms. The molecule has 0 amide bonds. The van der Waals surface area contributed by atoms with E-state index in [2.05, 4.69) is 6.58 Å². The average Bonchev–Trinajstić information content (AvgIpc) is 2.26. The van der Waals surface area contributed by atoms with Gasteiger partial charge in [0.15, 0.2) is 0 Å². The summed E-state index contributed by atoms with van der Waals surface area (Å²) >= 11 is 0. The van der Waals surface area contributed by atoms with Gasteiger partial charge in [-0.05, 0) is 20.3 Å². The molecular weight excluding hydrogens is 188 g/mol. The lowest BCUT2D eigenvalue weighted by molar-refractivity contribution is -0.144. The summed E-state index contributed by atoms with van der Waals surface area (Å²) in [5, 5.41) is 0. The van der Waals surface area contributed by atoms with Gasteiger partial charge in [0.2, 0.25) is 0 Å². The van der Waals surface area contributed by atoms with E-state index in [1.54, 1.807) is 19.1 Å². The highest BCUT2D eigenvalue weighted by Gasteiger charge is 2.11. The molecule has 0 aromatic rings. The lowest BCUT2D eigenvalue weighted by atomic mass is 10.2. The number of hydrogen-bond acceptors (Lipinski definition) is 2. The van der Waals surface area contributed by atoms with E-state index in [0.29, 0.717) is 5.57 Å². The normalized spacial score (nSPS) is 13.9. The quantitative estimate of drug-likeness (QED) is 0.380. The van der Waals surface area contributed by atoms with Crippen molar-refractivity contribution in [3.05, 3.63) is 36.5 Å². The summed E-state index contributed by atoms with van der Waals surface area (Å²) in [6.45, 7) is 9.17. The molecular formula is C13H20O2. The second kappa shape index (κ2) is 8.04. The molecule has 1 unspecified atom stereocenters. The van der Waals surface area contributed by atoms with Crippen molar-refractivity contribution in [2.45, 2.75) is 39.7 Å². The van der Waals surface area contributed by atoms with Crippen LogP contribution in [0.25, 0.3) is 0 Å². The van der Waals surface area contributed by atoms with Crippen LogP contribution < -0.4 is 0 Å². The molecule has 1 atom stereocenters. The summed E-state index contributed by atoms with van der Waals surface area (Å²) in [7, 11) is 0. The molecule has 15 heavy (non-hydrogen) atoms. The van der Waals surface area contributed by atoms with Crippen LogP contribution >= 0.6 is 0 Å². The van der Waals surface area contributed by atoms with Crippen molar-refractivity contribution in [2.24, 2.45) is 0 Å². The fourth-order valence-electron chi connectivity index (χ4n) is 0.987. The highest BCUT2D eigenvalue weighted by Crippen LogP contribution is 2.08. The summed E-state index contributed by atoms with van der Waals surface area (Å²) < 4.78 is 5.31. The summed E-state index contributed by atoms with van der Waals surface area (Å²) in [5.41, 5.74) is 0.654. The standard InChI is InChI=1S/C13H20O2/c1-5-8-9-10-12(7-3)15-13(14)11(4)6-2/h5-6,8-9,12H,1,7,10H2,2-4H3. The van der Waals surface area contributed by atoms with Gasteiger partial charge in [-0.2, -0.15) is 0 Å². The van der Waals surface area contributed by atoms with Crippen molar-refractivity contribution >= 4 is 5.97 Å². The van der Waals surface area contributed by atoms with Crippen molar-refractivity contribution in [1.82, 2.24) is 0 Å². The SMILES string of the molecule is C=CC=CCC(CC)OC(=O)C(C)=CC. The average molecular weight is 208 g/mol. The molecule has 0 spiro atoms. The number of carbonyl (C=O) groups is 1. The Labute approximate surface area is 92.3 Å². The van der Waals surface area contributed by atoms with E-state index in [1.165, 1.54) is 0 Å². The van der Waals surface area contributed by atoms with Crippen LogP contribution in [0.2, 0.25) is 0 Å². The van der Waals surface area contributed by atoms with E-state index < -0.39 is 0 Å². The number of carbonyl (C=O) groups excluding carboxylic acids is 1. The summed E-state index contributed by atoms with van der Waals surface area (Å²) in [6, 6.07) is 0. The number of hydrogen-bond donors (Lipinski definition) is 0. The van der Waals surface area contributed by atoms with Crippen molar-refractivity contribution in [3.8, 4) is 0 Å². The first-order valence-corrected chi connectivity index (χ1v) is 5.27. The van der Waals surface area contributed by atoms with E-state index in [0.717, 1.165) is 12.8 Å². The molecule has 0 aliphatic carbocycles. The third kappa shape index (κ3) is 5.89. The molecule has 0 heterocycles. The largest absolute Gasteiger partial charge is 0.459 e. The zero-order chi connectivity index (χ0) is 11.7. The van der Waals surface area contributed by atoms with Gasteiger partial charge in [-0.1, -0.05) is 37.8 Å². The van der Waals surface area contributed by atoms with Gasteiger partial charge in [0.1, 0.15) is 6.10 Å². The Kier molecular flexibility index (Phi) is 7.33. The van der Waals surface area contributed by atoms with Gasteiger partial charge in [-0.3, -0.25) is 0 Å². The maximum absolute atomic E-state index is 11.4. The minimum atomic E-state index is -0.226. The van der Waals surface area contributed by atoms with Crippen LogP contribution in [0, 0.1) is 0 Å². The van der Waals surface area contributed by atoms with Gasteiger partial charge in [-0.15, -0.1) is 0 Å². The Morgan fingerprint density at radius 3 is 2.67 bits per heavy atom. The summed E-state index contributed by atoms with van der Waals surface area (Å²) in [5.74, 6) is -0.226. The molecule has 0 rings (SSSR count). The molecule has 0 aliphatic heterocycles. The first-order valence-electron chi connectivity index (χ1n) is 5.27. The lowest BCUT2D eigenvalue weighted by Crippen LogP contribution is -2.17. The number of rotatable bonds is 6. The minimum Gasteiger partial charge on any atom is -0.459 e. The van der Waals surface area contributed by atoms with E-state index in [1.807, 2.05) is 26.0 Å². The highest BCUT2D eigenvalue weighted by molar-refractivity contribution is 5.87. The summed E-state index contributed by atoms with van der Waals surface area (Å²) in [4.78, 5) is 11.4. The van der Waals surface area contributed by atoms with Crippen LogP contribution in [-0.4, -0.2) is 12.1 Å². The highest BCUT2D eigenvalue weighted by atomic mass is 16.5. The third-order valence-electron chi connectivity index (χ3n) is 2.16. The van der Waals surface area contributed by atoms with Gasteiger partial charge in [0, 0.05) is 12.0 Å². The summed E-state index contributed by atoms with van der Waals surface area (Å²) in [6.07, 6.45) is 8.82.